The van der Waals surface area contributed by atoms with Gasteiger partial charge in [-0.25, -0.2) is 0 Å². The first-order valence-electron chi connectivity index (χ1n) is 8.49. The van der Waals surface area contributed by atoms with Gasteiger partial charge in [0.25, 0.3) is 0 Å². The molecule has 0 amide bonds. The minimum Gasteiger partial charge on any atom is -0.310 e. The zero-order chi connectivity index (χ0) is 14.3. The molecule has 116 valence electrons. The van der Waals surface area contributed by atoms with Gasteiger partial charge in [0.2, 0.25) is 0 Å². The highest BCUT2D eigenvalue weighted by atomic mass is 15.3. The van der Waals surface area contributed by atoms with Gasteiger partial charge in [-0.2, -0.15) is 0 Å². The highest BCUT2D eigenvalue weighted by Crippen LogP contribution is 2.24. The van der Waals surface area contributed by atoms with Gasteiger partial charge in [0.05, 0.1) is 5.69 Å². The summed E-state index contributed by atoms with van der Waals surface area (Å²) in [5.74, 6) is 0. The van der Waals surface area contributed by atoms with Crippen molar-refractivity contribution in [2.45, 2.75) is 38.3 Å². The molecule has 1 saturated heterocycles. The smallest absolute Gasteiger partial charge is 0.0541 e. The van der Waals surface area contributed by atoms with Crippen LogP contribution in [0.2, 0.25) is 0 Å². The Kier molecular flexibility index (Phi) is 5.60. The predicted octanol–water partition coefficient (Wildman–Crippen LogP) is 1.73. The van der Waals surface area contributed by atoms with Crippen molar-refractivity contribution in [2.75, 3.05) is 39.3 Å². The molecule has 2 fully saturated rings. The SMILES string of the molecule is c1ccc(CNCCN2CCN(C3CCCC3)CC2)nc1. The molecular weight excluding hydrogens is 260 g/mol. The first-order valence-corrected chi connectivity index (χ1v) is 8.49. The number of piperazine rings is 1. The van der Waals surface area contributed by atoms with E-state index in [1.54, 1.807) is 0 Å². The molecule has 0 spiro atoms. The van der Waals surface area contributed by atoms with Crippen molar-refractivity contribution in [3.05, 3.63) is 30.1 Å². The molecule has 2 aliphatic rings. The molecule has 1 saturated carbocycles. The molecule has 1 aromatic rings. The molecule has 1 aliphatic carbocycles. The van der Waals surface area contributed by atoms with E-state index in [1.165, 1.54) is 51.9 Å². The van der Waals surface area contributed by atoms with Crippen molar-refractivity contribution < 1.29 is 0 Å². The van der Waals surface area contributed by atoms with Crippen LogP contribution in [0.1, 0.15) is 31.4 Å². The fourth-order valence-corrected chi connectivity index (χ4v) is 3.58. The quantitative estimate of drug-likeness (QED) is 0.808. The fraction of sp³-hybridized carbons (Fsp3) is 0.706. The molecular formula is C17H28N4. The average Bonchev–Trinajstić information content (AvgIpc) is 3.08. The number of hydrogen-bond acceptors (Lipinski definition) is 4. The number of nitrogens with zero attached hydrogens (tertiary/aromatic N) is 3. The Morgan fingerprint density at radius 1 is 1.10 bits per heavy atom. The third kappa shape index (κ3) is 4.50. The van der Waals surface area contributed by atoms with Crippen LogP contribution >= 0.6 is 0 Å². The Labute approximate surface area is 128 Å². The maximum Gasteiger partial charge on any atom is 0.0541 e. The van der Waals surface area contributed by atoms with E-state index in [2.05, 4.69) is 26.2 Å². The van der Waals surface area contributed by atoms with Crippen molar-refractivity contribution in [3.8, 4) is 0 Å². The predicted molar refractivity (Wildman–Crippen MR) is 86.2 cm³/mol. The van der Waals surface area contributed by atoms with Gasteiger partial charge < -0.3 is 5.32 Å². The van der Waals surface area contributed by atoms with Crippen LogP contribution in [0, 0.1) is 0 Å². The molecule has 0 unspecified atom stereocenters. The Balaban J connectivity index is 1.29. The van der Waals surface area contributed by atoms with Gasteiger partial charge >= 0.3 is 0 Å². The minimum absolute atomic E-state index is 0.878. The number of hydrogen-bond donors (Lipinski definition) is 1. The molecule has 0 aromatic carbocycles. The van der Waals surface area contributed by atoms with Gasteiger partial charge in [-0.1, -0.05) is 18.9 Å². The van der Waals surface area contributed by atoms with Gasteiger partial charge in [0, 0.05) is 58.1 Å². The van der Waals surface area contributed by atoms with Crippen LogP contribution < -0.4 is 5.32 Å². The maximum absolute atomic E-state index is 4.33. The molecule has 21 heavy (non-hydrogen) atoms. The molecule has 1 aliphatic heterocycles. The van der Waals surface area contributed by atoms with Gasteiger partial charge in [-0.05, 0) is 25.0 Å². The summed E-state index contributed by atoms with van der Waals surface area (Å²) in [6.07, 6.45) is 7.63. The van der Waals surface area contributed by atoms with E-state index in [4.69, 9.17) is 0 Å². The number of rotatable bonds is 6. The average molecular weight is 288 g/mol. The highest BCUT2D eigenvalue weighted by Gasteiger charge is 2.25. The Bertz CT molecular complexity index is 395. The van der Waals surface area contributed by atoms with Crippen molar-refractivity contribution in [1.82, 2.24) is 20.1 Å². The van der Waals surface area contributed by atoms with E-state index in [0.717, 1.165) is 31.4 Å². The second kappa shape index (κ2) is 7.87. The topological polar surface area (TPSA) is 31.4 Å². The summed E-state index contributed by atoms with van der Waals surface area (Å²) < 4.78 is 0. The lowest BCUT2D eigenvalue weighted by Gasteiger charge is -2.38. The Morgan fingerprint density at radius 2 is 1.90 bits per heavy atom. The summed E-state index contributed by atoms with van der Waals surface area (Å²) in [7, 11) is 0. The molecule has 3 rings (SSSR count). The number of nitrogens with one attached hydrogen (secondary N) is 1. The Morgan fingerprint density at radius 3 is 2.62 bits per heavy atom. The number of pyridine rings is 1. The summed E-state index contributed by atoms with van der Waals surface area (Å²) in [6, 6.07) is 6.99. The van der Waals surface area contributed by atoms with Crippen LogP contribution in [0.4, 0.5) is 0 Å². The second-order valence-corrected chi connectivity index (χ2v) is 6.31. The summed E-state index contributed by atoms with van der Waals surface area (Å²) in [4.78, 5) is 9.66. The summed E-state index contributed by atoms with van der Waals surface area (Å²) in [5.41, 5.74) is 1.13. The van der Waals surface area contributed by atoms with Crippen LogP contribution in [0.3, 0.4) is 0 Å². The van der Waals surface area contributed by atoms with Crippen LogP contribution in [0.25, 0.3) is 0 Å². The van der Waals surface area contributed by atoms with Crippen molar-refractivity contribution in [2.24, 2.45) is 0 Å². The van der Waals surface area contributed by atoms with Gasteiger partial charge in [-0.15, -0.1) is 0 Å². The molecule has 0 radical (unpaired) electrons. The number of aromatic nitrogens is 1. The van der Waals surface area contributed by atoms with Gasteiger partial charge in [0.15, 0.2) is 0 Å². The van der Waals surface area contributed by atoms with Crippen molar-refractivity contribution in [1.29, 1.82) is 0 Å². The minimum atomic E-state index is 0.878. The van der Waals surface area contributed by atoms with E-state index >= 15 is 0 Å². The van der Waals surface area contributed by atoms with Crippen molar-refractivity contribution in [3.63, 3.8) is 0 Å². The largest absolute Gasteiger partial charge is 0.310 e. The molecule has 2 heterocycles. The maximum atomic E-state index is 4.33. The zero-order valence-corrected chi connectivity index (χ0v) is 13.0. The van der Waals surface area contributed by atoms with Crippen LogP contribution in [0.5, 0.6) is 0 Å². The molecule has 4 nitrogen and oxygen atoms in total. The van der Waals surface area contributed by atoms with Gasteiger partial charge in [0.1, 0.15) is 0 Å². The summed E-state index contributed by atoms with van der Waals surface area (Å²) in [6.45, 7) is 8.10. The van der Waals surface area contributed by atoms with E-state index in [0.29, 0.717) is 0 Å². The van der Waals surface area contributed by atoms with Crippen LogP contribution in [-0.2, 0) is 6.54 Å². The van der Waals surface area contributed by atoms with Crippen LogP contribution in [-0.4, -0.2) is 60.1 Å². The fourth-order valence-electron chi connectivity index (χ4n) is 3.58. The third-order valence-corrected chi connectivity index (χ3v) is 4.89. The van der Waals surface area contributed by atoms with E-state index in [1.807, 2.05) is 18.3 Å². The van der Waals surface area contributed by atoms with Crippen LogP contribution in [0.15, 0.2) is 24.4 Å². The molecule has 1 N–H and O–H groups in total. The second-order valence-electron chi connectivity index (χ2n) is 6.31. The highest BCUT2D eigenvalue weighted by molar-refractivity contribution is 5.02. The first kappa shape index (κ1) is 14.9. The Hall–Kier alpha value is -0.970. The first-order chi connectivity index (χ1) is 10.4. The monoisotopic (exact) mass is 288 g/mol. The molecule has 0 atom stereocenters. The lowest BCUT2D eigenvalue weighted by atomic mass is 10.2. The lowest BCUT2D eigenvalue weighted by molar-refractivity contribution is 0.0984. The summed E-state index contributed by atoms with van der Waals surface area (Å²) >= 11 is 0. The lowest BCUT2D eigenvalue weighted by Crippen LogP contribution is -2.50. The van der Waals surface area contributed by atoms with Crippen molar-refractivity contribution >= 4 is 0 Å². The normalized spacial score (nSPS) is 21.9. The van der Waals surface area contributed by atoms with E-state index in [9.17, 15) is 0 Å². The van der Waals surface area contributed by atoms with Gasteiger partial charge in [-0.3, -0.25) is 14.8 Å². The van der Waals surface area contributed by atoms with E-state index < -0.39 is 0 Å². The standard InChI is InChI=1S/C17H28N4/c1-2-7-17(6-1)21-13-11-20(12-14-21)10-9-18-15-16-5-3-4-8-19-16/h3-5,8,17-18H,1-2,6-7,9-15H2. The zero-order valence-electron chi connectivity index (χ0n) is 13.0. The molecule has 4 heteroatoms. The summed E-state index contributed by atoms with van der Waals surface area (Å²) in [5, 5.41) is 3.50. The molecule has 0 bridgehead atoms. The third-order valence-electron chi connectivity index (χ3n) is 4.89. The molecule has 1 aromatic heterocycles. The van der Waals surface area contributed by atoms with E-state index in [-0.39, 0.29) is 0 Å².